The van der Waals surface area contributed by atoms with Crippen molar-refractivity contribution in [3.63, 3.8) is 0 Å². The van der Waals surface area contributed by atoms with Gasteiger partial charge in [-0.3, -0.25) is 19.4 Å². The van der Waals surface area contributed by atoms with E-state index < -0.39 is 24.1 Å². The Labute approximate surface area is 188 Å². The molecule has 1 aromatic rings. The summed E-state index contributed by atoms with van der Waals surface area (Å²) in [4.78, 5) is 36.1. The van der Waals surface area contributed by atoms with Gasteiger partial charge < -0.3 is 25.6 Å². The average Bonchev–Trinajstić information content (AvgIpc) is 3.26. The Kier molecular flexibility index (Phi) is 10.2. The zero-order valence-corrected chi connectivity index (χ0v) is 18.7. The molecule has 10 heteroatoms. The minimum Gasteiger partial charge on any atom is -0.494 e. The van der Waals surface area contributed by atoms with Crippen molar-refractivity contribution in [1.82, 2.24) is 15.3 Å². The van der Waals surface area contributed by atoms with E-state index in [2.05, 4.69) is 10.6 Å². The fourth-order valence-corrected chi connectivity index (χ4v) is 3.46. The van der Waals surface area contributed by atoms with Crippen LogP contribution in [-0.4, -0.2) is 76.5 Å². The number of nitrogens with one attached hydrogen (secondary N) is 2. The fourth-order valence-electron chi connectivity index (χ4n) is 3.46. The van der Waals surface area contributed by atoms with E-state index in [0.717, 1.165) is 25.9 Å². The van der Waals surface area contributed by atoms with Crippen LogP contribution < -0.4 is 15.4 Å². The van der Waals surface area contributed by atoms with Crippen LogP contribution in [0.3, 0.4) is 0 Å². The van der Waals surface area contributed by atoms with E-state index in [-0.39, 0.29) is 25.4 Å². The van der Waals surface area contributed by atoms with Gasteiger partial charge in [-0.25, -0.2) is 5.01 Å². The molecule has 10 nitrogen and oxygen atoms in total. The van der Waals surface area contributed by atoms with Gasteiger partial charge in [-0.2, -0.15) is 0 Å². The Morgan fingerprint density at radius 1 is 1.19 bits per heavy atom. The van der Waals surface area contributed by atoms with Crippen LogP contribution >= 0.6 is 0 Å². The van der Waals surface area contributed by atoms with Gasteiger partial charge in [0, 0.05) is 31.7 Å². The number of nitrogens with zero attached hydrogens (tertiary/aromatic N) is 2. The van der Waals surface area contributed by atoms with E-state index in [1.165, 1.54) is 6.92 Å². The molecule has 2 atom stereocenters. The SMILES string of the molecule is CCN(C(=O)C(NC(=O)CC(C)O)Nc1ccc(OCCCC(=O)O)cc1)N1CCCC1. The van der Waals surface area contributed by atoms with Gasteiger partial charge in [0.25, 0.3) is 5.91 Å². The highest BCUT2D eigenvalue weighted by Gasteiger charge is 2.30. The molecule has 1 saturated heterocycles. The second-order valence-corrected chi connectivity index (χ2v) is 7.78. The molecule has 0 aliphatic carbocycles. The van der Waals surface area contributed by atoms with Crippen LogP contribution in [0.25, 0.3) is 0 Å². The molecule has 0 bridgehead atoms. The Bertz CT molecular complexity index is 749. The molecule has 178 valence electrons. The summed E-state index contributed by atoms with van der Waals surface area (Å²) < 4.78 is 5.52. The fraction of sp³-hybridized carbons (Fsp3) is 0.591. The summed E-state index contributed by atoms with van der Waals surface area (Å²) in [7, 11) is 0. The number of carbonyl (C=O) groups excluding carboxylic acids is 2. The molecule has 1 aliphatic rings. The number of carbonyl (C=O) groups is 3. The number of anilines is 1. The van der Waals surface area contributed by atoms with Crippen molar-refractivity contribution >= 4 is 23.5 Å². The van der Waals surface area contributed by atoms with Crippen LogP contribution in [0.5, 0.6) is 5.75 Å². The maximum atomic E-state index is 13.3. The normalized spacial score (nSPS) is 15.6. The monoisotopic (exact) mass is 450 g/mol. The molecule has 0 aromatic heterocycles. The first-order chi connectivity index (χ1) is 15.3. The van der Waals surface area contributed by atoms with Crippen molar-refractivity contribution in [3.05, 3.63) is 24.3 Å². The number of hydrogen-bond donors (Lipinski definition) is 4. The van der Waals surface area contributed by atoms with Crippen molar-refractivity contribution in [2.24, 2.45) is 0 Å². The molecule has 4 N–H and O–H groups in total. The van der Waals surface area contributed by atoms with E-state index in [9.17, 15) is 19.5 Å². The molecule has 1 heterocycles. The lowest BCUT2D eigenvalue weighted by Gasteiger charge is -2.34. The second kappa shape index (κ2) is 12.9. The number of hydrazine groups is 1. The van der Waals surface area contributed by atoms with Crippen LogP contribution in [0.2, 0.25) is 0 Å². The van der Waals surface area contributed by atoms with Gasteiger partial charge in [-0.1, -0.05) is 0 Å². The lowest BCUT2D eigenvalue weighted by molar-refractivity contribution is -0.150. The highest BCUT2D eigenvalue weighted by Crippen LogP contribution is 2.18. The third kappa shape index (κ3) is 8.35. The summed E-state index contributed by atoms with van der Waals surface area (Å²) in [5.74, 6) is -0.991. The molecule has 1 aliphatic heterocycles. The number of aliphatic hydroxyl groups excluding tert-OH is 1. The Morgan fingerprint density at radius 2 is 1.84 bits per heavy atom. The Hall–Kier alpha value is -2.85. The van der Waals surface area contributed by atoms with Crippen LogP contribution in [0, 0.1) is 0 Å². The van der Waals surface area contributed by atoms with Crippen LogP contribution in [-0.2, 0) is 14.4 Å². The van der Waals surface area contributed by atoms with Crippen molar-refractivity contribution < 1.29 is 29.3 Å². The zero-order chi connectivity index (χ0) is 23.5. The molecule has 0 saturated carbocycles. The molecule has 0 radical (unpaired) electrons. The largest absolute Gasteiger partial charge is 0.494 e. The van der Waals surface area contributed by atoms with Crippen LogP contribution in [0.15, 0.2) is 24.3 Å². The highest BCUT2D eigenvalue weighted by atomic mass is 16.5. The predicted octanol–water partition coefficient (Wildman–Crippen LogP) is 1.41. The number of carboxylic acid groups (broad SMARTS) is 1. The summed E-state index contributed by atoms with van der Waals surface area (Å²) in [5, 5.41) is 27.6. The molecule has 2 amide bonds. The number of ether oxygens (including phenoxy) is 1. The third-order valence-corrected chi connectivity index (χ3v) is 4.98. The van der Waals surface area contributed by atoms with Crippen molar-refractivity contribution in [1.29, 1.82) is 0 Å². The Balaban J connectivity index is 2.05. The molecule has 32 heavy (non-hydrogen) atoms. The van der Waals surface area contributed by atoms with E-state index >= 15 is 0 Å². The summed E-state index contributed by atoms with van der Waals surface area (Å²) in [6.07, 6.45) is 0.567. The second-order valence-electron chi connectivity index (χ2n) is 7.78. The predicted molar refractivity (Wildman–Crippen MR) is 119 cm³/mol. The molecule has 2 unspecified atom stereocenters. The summed E-state index contributed by atoms with van der Waals surface area (Å²) >= 11 is 0. The van der Waals surface area contributed by atoms with E-state index in [1.54, 1.807) is 29.3 Å². The minimum atomic E-state index is -0.996. The lowest BCUT2D eigenvalue weighted by Crippen LogP contribution is -2.57. The first kappa shape index (κ1) is 25.4. The van der Waals surface area contributed by atoms with Gasteiger partial charge in [0.1, 0.15) is 5.75 Å². The minimum absolute atomic E-state index is 0.0422. The van der Waals surface area contributed by atoms with Gasteiger partial charge in [0.2, 0.25) is 5.91 Å². The molecule has 1 aromatic carbocycles. The molecular weight excluding hydrogens is 416 g/mol. The topological polar surface area (TPSA) is 131 Å². The summed E-state index contributed by atoms with van der Waals surface area (Å²) in [6.45, 7) is 5.76. The van der Waals surface area contributed by atoms with E-state index in [4.69, 9.17) is 9.84 Å². The molecule has 0 spiro atoms. The number of amides is 2. The highest BCUT2D eigenvalue weighted by molar-refractivity contribution is 5.89. The standard InChI is InChI=1S/C22H34N4O6/c1-3-26(25-12-4-5-13-25)22(31)21(24-19(28)15-16(2)27)23-17-8-10-18(11-9-17)32-14-6-7-20(29)30/h8-11,16,21,23,27H,3-7,12-15H2,1-2H3,(H,24,28)(H,29,30). The van der Waals surface area contributed by atoms with Crippen molar-refractivity contribution in [3.8, 4) is 5.75 Å². The first-order valence-corrected chi connectivity index (χ1v) is 11.0. The molecule has 2 rings (SSSR count). The summed E-state index contributed by atoms with van der Waals surface area (Å²) in [6, 6.07) is 6.86. The van der Waals surface area contributed by atoms with Gasteiger partial charge in [0.05, 0.1) is 19.1 Å². The van der Waals surface area contributed by atoms with E-state index in [1.807, 2.05) is 11.9 Å². The Morgan fingerprint density at radius 3 is 2.41 bits per heavy atom. The number of aliphatic hydroxyl groups is 1. The number of rotatable bonds is 13. The number of carboxylic acids is 1. The van der Waals surface area contributed by atoms with Gasteiger partial charge in [-0.05, 0) is 57.4 Å². The summed E-state index contributed by atoms with van der Waals surface area (Å²) in [5.41, 5.74) is 0.607. The number of hydrogen-bond acceptors (Lipinski definition) is 7. The lowest BCUT2D eigenvalue weighted by atomic mass is 10.2. The third-order valence-electron chi connectivity index (χ3n) is 4.98. The van der Waals surface area contributed by atoms with Crippen molar-refractivity contribution in [2.75, 3.05) is 31.6 Å². The number of aliphatic carboxylic acids is 1. The number of benzene rings is 1. The average molecular weight is 451 g/mol. The van der Waals surface area contributed by atoms with Gasteiger partial charge >= 0.3 is 5.97 Å². The van der Waals surface area contributed by atoms with Crippen LogP contribution in [0.1, 0.15) is 46.0 Å². The van der Waals surface area contributed by atoms with Crippen molar-refractivity contribution in [2.45, 2.75) is 58.2 Å². The van der Waals surface area contributed by atoms with E-state index in [0.29, 0.717) is 24.4 Å². The first-order valence-electron chi connectivity index (χ1n) is 11.0. The van der Waals surface area contributed by atoms with Gasteiger partial charge in [0.15, 0.2) is 6.17 Å². The smallest absolute Gasteiger partial charge is 0.303 e. The number of likely N-dealkylation sites (N-methyl/N-ethyl adjacent to an activating group) is 1. The van der Waals surface area contributed by atoms with Gasteiger partial charge in [-0.15, -0.1) is 0 Å². The van der Waals surface area contributed by atoms with Crippen LogP contribution in [0.4, 0.5) is 5.69 Å². The molecular formula is C22H34N4O6. The quantitative estimate of drug-likeness (QED) is 0.262. The molecule has 1 fully saturated rings. The maximum Gasteiger partial charge on any atom is 0.303 e. The maximum absolute atomic E-state index is 13.3. The zero-order valence-electron chi connectivity index (χ0n) is 18.7.